The summed E-state index contributed by atoms with van der Waals surface area (Å²) in [5, 5.41) is 9.29. The van der Waals surface area contributed by atoms with Crippen molar-refractivity contribution in [3.05, 3.63) is 80.3 Å². The van der Waals surface area contributed by atoms with E-state index in [9.17, 15) is 9.59 Å². The van der Waals surface area contributed by atoms with Crippen molar-refractivity contribution in [2.75, 3.05) is 24.5 Å². The predicted molar refractivity (Wildman–Crippen MR) is 137 cm³/mol. The number of carbonyl (C=O) groups is 1. The van der Waals surface area contributed by atoms with E-state index in [4.69, 9.17) is 5.11 Å². The van der Waals surface area contributed by atoms with Crippen LogP contribution in [0.4, 0.5) is 17.2 Å². The number of fused-ring (bicyclic) bond motifs is 2. The van der Waals surface area contributed by atoms with Crippen LogP contribution in [0.5, 0.6) is 0 Å². The van der Waals surface area contributed by atoms with Crippen molar-refractivity contribution in [1.29, 1.82) is 0 Å². The van der Waals surface area contributed by atoms with Gasteiger partial charge in [0.15, 0.2) is 11.2 Å². The van der Waals surface area contributed by atoms with Crippen LogP contribution in [0.2, 0.25) is 0 Å². The van der Waals surface area contributed by atoms with Crippen molar-refractivity contribution in [3.63, 3.8) is 0 Å². The number of unbranched alkanes of at least 4 members (excludes halogenated alkanes) is 1. The lowest BCUT2D eigenvalue weighted by Gasteiger charge is -2.31. The SMILES string of the molecule is C=c1nc2c(c(=O)[nH]1)=Nc1cc(C)c(C)cc1N2CCN(CCCCC(=O)O)Cc1ccccc1. The second-order valence-corrected chi connectivity index (χ2v) is 8.99. The highest BCUT2D eigenvalue weighted by Gasteiger charge is 2.24. The van der Waals surface area contributed by atoms with Crippen LogP contribution in [0, 0.1) is 13.8 Å². The Morgan fingerprint density at radius 2 is 1.86 bits per heavy atom. The molecule has 3 aromatic rings. The molecule has 0 amide bonds. The average molecular weight is 474 g/mol. The van der Waals surface area contributed by atoms with Crippen molar-refractivity contribution >= 4 is 29.7 Å². The molecule has 35 heavy (non-hydrogen) atoms. The van der Waals surface area contributed by atoms with E-state index < -0.39 is 5.97 Å². The van der Waals surface area contributed by atoms with Gasteiger partial charge in [0.1, 0.15) is 5.48 Å². The van der Waals surface area contributed by atoms with Crippen LogP contribution >= 0.6 is 0 Å². The van der Waals surface area contributed by atoms with Crippen LogP contribution in [0.25, 0.3) is 6.58 Å². The monoisotopic (exact) mass is 473 g/mol. The molecule has 0 fully saturated rings. The Morgan fingerprint density at radius 1 is 1.11 bits per heavy atom. The number of rotatable bonds is 10. The Balaban J connectivity index is 1.63. The number of hydrogen-bond donors (Lipinski definition) is 2. The number of benzene rings is 2. The molecule has 182 valence electrons. The van der Waals surface area contributed by atoms with Gasteiger partial charge < -0.3 is 15.0 Å². The molecule has 1 aliphatic heterocycles. The summed E-state index contributed by atoms with van der Waals surface area (Å²) in [4.78, 5) is 39.8. The van der Waals surface area contributed by atoms with E-state index in [0.29, 0.717) is 36.2 Å². The highest BCUT2D eigenvalue weighted by atomic mass is 16.4. The molecule has 0 bridgehead atoms. The van der Waals surface area contributed by atoms with Crippen LogP contribution in [-0.4, -0.2) is 45.6 Å². The summed E-state index contributed by atoms with van der Waals surface area (Å²) in [5.74, 6) is -0.254. The minimum Gasteiger partial charge on any atom is -0.481 e. The van der Waals surface area contributed by atoms with E-state index in [2.05, 4.69) is 56.5 Å². The first-order valence-electron chi connectivity index (χ1n) is 11.9. The first-order valence-corrected chi connectivity index (χ1v) is 11.9. The van der Waals surface area contributed by atoms with Gasteiger partial charge in [-0.25, -0.2) is 9.98 Å². The number of aliphatic carboxylic acids is 1. The summed E-state index contributed by atoms with van der Waals surface area (Å²) in [5.41, 5.74) is 5.12. The number of hydrogen-bond acceptors (Lipinski definition) is 6. The molecular weight excluding hydrogens is 442 g/mol. The molecule has 8 heteroatoms. The van der Waals surface area contributed by atoms with Gasteiger partial charge in [0.25, 0.3) is 5.56 Å². The van der Waals surface area contributed by atoms with Gasteiger partial charge in [0.2, 0.25) is 0 Å². The normalized spacial score (nSPS) is 12.3. The molecule has 2 aromatic carbocycles. The topological polar surface area (TPSA) is 102 Å². The van der Waals surface area contributed by atoms with Crippen molar-refractivity contribution < 1.29 is 9.90 Å². The summed E-state index contributed by atoms with van der Waals surface area (Å²) >= 11 is 0. The number of nitrogens with zero attached hydrogens (tertiary/aromatic N) is 4. The molecule has 1 aliphatic rings. The highest BCUT2D eigenvalue weighted by molar-refractivity contribution is 5.77. The Labute approximate surface area is 204 Å². The molecule has 2 heterocycles. The second-order valence-electron chi connectivity index (χ2n) is 8.99. The number of H-pyrrole nitrogens is 1. The zero-order valence-electron chi connectivity index (χ0n) is 20.3. The zero-order chi connectivity index (χ0) is 24.9. The first-order chi connectivity index (χ1) is 16.8. The zero-order valence-corrected chi connectivity index (χ0v) is 20.3. The van der Waals surface area contributed by atoms with E-state index >= 15 is 0 Å². The number of aromatic nitrogens is 2. The molecule has 0 atom stereocenters. The minimum atomic E-state index is -0.768. The fourth-order valence-corrected chi connectivity index (χ4v) is 4.31. The van der Waals surface area contributed by atoms with Crippen LogP contribution < -0.4 is 21.3 Å². The maximum atomic E-state index is 12.7. The molecule has 0 saturated heterocycles. The summed E-state index contributed by atoms with van der Waals surface area (Å²) in [6, 6.07) is 14.3. The molecule has 0 aliphatic carbocycles. The van der Waals surface area contributed by atoms with Crippen molar-refractivity contribution in [1.82, 2.24) is 14.9 Å². The Bertz CT molecular complexity index is 1380. The van der Waals surface area contributed by atoms with Crippen molar-refractivity contribution in [2.24, 2.45) is 4.99 Å². The number of aryl methyl sites for hydroxylation is 2. The quantitative estimate of drug-likeness (QED) is 0.439. The molecule has 4 rings (SSSR count). The van der Waals surface area contributed by atoms with Crippen molar-refractivity contribution in [3.8, 4) is 0 Å². The summed E-state index contributed by atoms with van der Waals surface area (Å²) < 4.78 is 0. The molecule has 1 aromatic heterocycles. The number of nitrogens with one attached hydrogen (secondary N) is 1. The Kier molecular flexibility index (Phi) is 7.41. The van der Waals surface area contributed by atoms with E-state index in [-0.39, 0.29) is 12.0 Å². The van der Waals surface area contributed by atoms with Gasteiger partial charge >= 0.3 is 5.97 Å². The van der Waals surface area contributed by atoms with Gasteiger partial charge in [-0.3, -0.25) is 14.5 Å². The van der Waals surface area contributed by atoms with Crippen LogP contribution in [0.15, 0.2) is 52.3 Å². The van der Waals surface area contributed by atoms with E-state index in [1.165, 1.54) is 5.56 Å². The first kappa shape index (κ1) is 24.3. The van der Waals surface area contributed by atoms with Gasteiger partial charge in [-0.1, -0.05) is 36.9 Å². The van der Waals surface area contributed by atoms with Gasteiger partial charge in [-0.05, 0) is 62.1 Å². The van der Waals surface area contributed by atoms with E-state index in [1.807, 2.05) is 31.2 Å². The molecule has 0 saturated carbocycles. The summed E-state index contributed by atoms with van der Waals surface area (Å²) in [6.07, 6.45) is 1.60. The lowest BCUT2D eigenvalue weighted by molar-refractivity contribution is -0.137. The van der Waals surface area contributed by atoms with Crippen LogP contribution in [-0.2, 0) is 11.3 Å². The fraction of sp³-hybridized carbons (Fsp3) is 0.333. The largest absolute Gasteiger partial charge is 0.481 e. The lowest BCUT2D eigenvalue weighted by atomic mass is 10.1. The standard InChI is InChI=1S/C27H31N5O3/c1-18-15-22-23(16-19(18)2)32(26-25(30-22)27(35)29-20(3)28-26)14-13-31(12-8-7-11-24(33)34)17-21-9-5-4-6-10-21/h4-6,9-10,15-16H,3,7-8,11-14,17H2,1-2H3,(H,29,35)(H,33,34). The van der Waals surface area contributed by atoms with E-state index in [0.717, 1.165) is 42.0 Å². The average Bonchev–Trinajstić information content (AvgIpc) is 2.81. The maximum Gasteiger partial charge on any atom is 0.303 e. The second kappa shape index (κ2) is 10.7. The number of carboxylic acid groups (broad SMARTS) is 1. The van der Waals surface area contributed by atoms with Crippen LogP contribution in [0.3, 0.4) is 0 Å². The Morgan fingerprint density at radius 3 is 2.60 bits per heavy atom. The fourth-order valence-electron chi connectivity index (χ4n) is 4.31. The lowest BCUT2D eigenvalue weighted by Crippen LogP contribution is -2.44. The van der Waals surface area contributed by atoms with Gasteiger partial charge in [0.05, 0.1) is 11.4 Å². The molecule has 0 spiro atoms. The van der Waals surface area contributed by atoms with Crippen molar-refractivity contribution in [2.45, 2.75) is 39.7 Å². The predicted octanol–water partition coefficient (Wildman–Crippen LogP) is 2.96. The third-order valence-electron chi connectivity index (χ3n) is 6.30. The van der Waals surface area contributed by atoms with Crippen LogP contribution in [0.1, 0.15) is 36.0 Å². The number of aromatic amines is 1. The number of carboxylic acids is 1. The molecule has 0 radical (unpaired) electrons. The van der Waals surface area contributed by atoms with Gasteiger partial charge in [0, 0.05) is 26.1 Å². The third kappa shape index (κ3) is 5.84. The summed E-state index contributed by atoms with van der Waals surface area (Å²) in [6.45, 7) is 10.8. The number of anilines is 2. The third-order valence-corrected chi connectivity index (χ3v) is 6.30. The smallest absolute Gasteiger partial charge is 0.303 e. The van der Waals surface area contributed by atoms with E-state index in [1.54, 1.807) is 0 Å². The molecule has 8 nitrogen and oxygen atoms in total. The van der Waals surface area contributed by atoms with Gasteiger partial charge in [-0.2, -0.15) is 0 Å². The summed E-state index contributed by atoms with van der Waals surface area (Å²) in [7, 11) is 0. The highest BCUT2D eigenvalue weighted by Crippen LogP contribution is 2.36. The molecule has 0 unspecified atom stereocenters. The maximum absolute atomic E-state index is 12.7. The minimum absolute atomic E-state index is 0.172. The molecule has 2 N–H and O–H groups in total. The Hall–Kier alpha value is -3.78. The molecular formula is C27H31N5O3. The van der Waals surface area contributed by atoms with Gasteiger partial charge in [-0.15, -0.1) is 0 Å².